The molecule has 3 heteroatoms. The maximum atomic E-state index is 13.3. The minimum absolute atomic E-state index is 0.00262. The van der Waals surface area contributed by atoms with Crippen molar-refractivity contribution in [3.05, 3.63) is 65.0 Å². The summed E-state index contributed by atoms with van der Waals surface area (Å²) in [6, 6.07) is 12.2. The van der Waals surface area contributed by atoms with Gasteiger partial charge in [0.1, 0.15) is 18.2 Å². The molecule has 0 heterocycles. The summed E-state index contributed by atoms with van der Waals surface area (Å²) in [7, 11) is 0. The third kappa shape index (κ3) is 4.34. The third-order valence-corrected chi connectivity index (χ3v) is 3.01. The quantitative estimate of drug-likeness (QED) is 0.871. The predicted molar refractivity (Wildman–Crippen MR) is 80.5 cm³/mol. The molecule has 0 radical (unpaired) electrons. The lowest BCUT2D eigenvalue weighted by Crippen LogP contribution is -2.00. The first kappa shape index (κ1) is 15.1. The first-order chi connectivity index (χ1) is 10.2. The molecule has 0 unspecified atom stereocenters. The van der Waals surface area contributed by atoms with E-state index in [2.05, 4.69) is 11.8 Å². The van der Waals surface area contributed by atoms with Gasteiger partial charge in [0.15, 0.2) is 0 Å². The van der Waals surface area contributed by atoms with E-state index in [0.717, 1.165) is 16.9 Å². The van der Waals surface area contributed by atoms with Crippen molar-refractivity contribution < 1.29 is 14.2 Å². The van der Waals surface area contributed by atoms with Gasteiger partial charge < -0.3 is 9.84 Å². The fourth-order valence-corrected chi connectivity index (χ4v) is 1.88. The molecule has 0 aliphatic rings. The number of halogens is 1. The molecule has 108 valence electrons. The number of rotatable bonds is 4. The SMILES string of the molecule is Cc1ccccc1OCc1ccc(F)cc1C#CCCO. The van der Waals surface area contributed by atoms with Crippen molar-refractivity contribution in [1.82, 2.24) is 0 Å². The molecule has 2 aromatic carbocycles. The highest BCUT2D eigenvalue weighted by Crippen LogP contribution is 2.19. The second-order valence-electron chi connectivity index (χ2n) is 4.63. The zero-order chi connectivity index (χ0) is 15.1. The number of para-hydroxylation sites is 1. The van der Waals surface area contributed by atoms with Gasteiger partial charge in [0, 0.05) is 17.5 Å². The Labute approximate surface area is 124 Å². The molecule has 0 spiro atoms. The Morgan fingerprint density at radius 1 is 1.19 bits per heavy atom. The van der Waals surface area contributed by atoms with Crippen molar-refractivity contribution >= 4 is 0 Å². The molecule has 0 saturated carbocycles. The van der Waals surface area contributed by atoms with E-state index in [1.54, 1.807) is 6.07 Å². The van der Waals surface area contributed by atoms with Gasteiger partial charge in [-0.15, -0.1) is 0 Å². The molecule has 2 rings (SSSR count). The maximum absolute atomic E-state index is 13.3. The third-order valence-electron chi connectivity index (χ3n) is 3.01. The summed E-state index contributed by atoms with van der Waals surface area (Å²) < 4.78 is 19.1. The molecule has 2 nitrogen and oxygen atoms in total. The molecule has 0 aliphatic carbocycles. The number of aliphatic hydroxyl groups is 1. The molecular weight excluding hydrogens is 267 g/mol. The highest BCUT2D eigenvalue weighted by Gasteiger charge is 2.04. The summed E-state index contributed by atoms with van der Waals surface area (Å²) in [5, 5.41) is 8.75. The zero-order valence-corrected chi connectivity index (χ0v) is 11.9. The van der Waals surface area contributed by atoms with Gasteiger partial charge in [-0.2, -0.15) is 0 Å². The molecule has 0 fully saturated rings. The van der Waals surface area contributed by atoms with Gasteiger partial charge in [-0.1, -0.05) is 36.1 Å². The van der Waals surface area contributed by atoms with Gasteiger partial charge >= 0.3 is 0 Å². The summed E-state index contributed by atoms with van der Waals surface area (Å²) in [5.74, 6) is 6.15. The van der Waals surface area contributed by atoms with Gasteiger partial charge in [0.2, 0.25) is 0 Å². The van der Waals surface area contributed by atoms with Crippen molar-refractivity contribution in [2.45, 2.75) is 20.0 Å². The van der Waals surface area contributed by atoms with Crippen LogP contribution in [0.25, 0.3) is 0 Å². The van der Waals surface area contributed by atoms with Crippen LogP contribution in [-0.2, 0) is 6.61 Å². The molecular formula is C18H17FO2. The first-order valence-corrected chi connectivity index (χ1v) is 6.77. The fraction of sp³-hybridized carbons (Fsp3) is 0.222. The molecule has 0 saturated heterocycles. The largest absolute Gasteiger partial charge is 0.489 e. The average Bonchev–Trinajstić information content (AvgIpc) is 2.48. The Kier molecular flexibility index (Phi) is 5.36. The standard InChI is InChI=1S/C18H17FO2/c1-14-6-2-3-8-18(14)21-13-16-9-10-17(19)12-15(16)7-4-5-11-20/h2-3,6,8-10,12,20H,5,11,13H2,1H3. The lowest BCUT2D eigenvalue weighted by molar-refractivity contribution is 0.303. The highest BCUT2D eigenvalue weighted by atomic mass is 19.1. The van der Waals surface area contributed by atoms with Crippen molar-refractivity contribution in [3.8, 4) is 17.6 Å². The summed E-state index contributed by atoms with van der Waals surface area (Å²) in [6.07, 6.45) is 0.370. The zero-order valence-electron chi connectivity index (χ0n) is 11.9. The van der Waals surface area contributed by atoms with E-state index >= 15 is 0 Å². The van der Waals surface area contributed by atoms with Gasteiger partial charge in [0.05, 0.1) is 6.61 Å². The van der Waals surface area contributed by atoms with Gasteiger partial charge in [-0.25, -0.2) is 4.39 Å². The average molecular weight is 284 g/mol. The van der Waals surface area contributed by atoms with Crippen LogP contribution in [0.2, 0.25) is 0 Å². The van der Waals surface area contributed by atoms with Crippen LogP contribution in [0, 0.1) is 24.6 Å². The minimum atomic E-state index is -0.331. The summed E-state index contributed by atoms with van der Waals surface area (Å²) in [5.41, 5.74) is 2.47. The van der Waals surface area contributed by atoms with Crippen molar-refractivity contribution in [2.75, 3.05) is 6.61 Å². The second-order valence-corrected chi connectivity index (χ2v) is 4.63. The van der Waals surface area contributed by atoms with Crippen molar-refractivity contribution in [1.29, 1.82) is 0 Å². The topological polar surface area (TPSA) is 29.5 Å². The lowest BCUT2D eigenvalue weighted by atomic mass is 10.1. The van der Waals surface area contributed by atoms with Crippen LogP contribution in [-0.4, -0.2) is 11.7 Å². The molecule has 0 aliphatic heterocycles. The molecule has 1 N–H and O–H groups in total. The summed E-state index contributed by atoms with van der Waals surface area (Å²) >= 11 is 0. The molecule has 2 aromatic rings. The van der Waals surface area contributed by atoms with E-state index in [1.165, 1.54) is 12.1 Å². The van der Waals surface area contributed by atoms with E-state index in [9.17, 15) is 4.39 Å². The number of hydrogen-bond donors (Lipinski definition) is 1. The number of aryl methyl sites for hydroxylation is 1. The van der Waals surface area contributed by atoms with E-state index in [1.807, 2.05) is 31.2 Å². The Morgan fingerprint density at radius 3 is 2.76 bits per heavy atom. The fourth-order valence-electron chi connectivity index (χ4n) is 1.88. The van der Waals surface area contributed by atoms with Crippen LogP contribution in [0.4, 0.5) is 4.39 Å². The Bertz CT molecular complexity index is 668. The Balaban J connectivity index is 2.16. The van der Waals surface area contributed by atoms with Crippen LogP contribution >= 0.6 is 0 Å². The lowest BCUT2D eigenvalue weighted by Gasteiger charge is -2.10. The molecule has 0 bridgehead atoms. The number of benzene rings is 2. The monoisotopic (exact) mass is 284 g/mol. The maximum Gasteiger partial charge on any atom is 0.124 e. The van der Waals surface area contributed by atoms with E-state index < -0.39 is 0 Å². The number of hydrogen-bond acceptors (Lipinski definition) is 2. The van der Waals surface area contributed by atoms with Crippen LogP contribution in [0.1, 0.15) is 23.1 Å². The normalized spacial score (nSPS) is 9.86. The number of ether oxygens (including phenoxy) is 1. The molecule has 0 atom stereocenters. The minimum Gasteiger partial charge on any atom is -0.489 e. The second kappa shape index (κ2) is 7.47. The van der Waals surface area contributed by atoms with E-state index in [-0.39, 0.29) is 12.4 Å². The van der Waals surface area contributed by atoms with Crippen LogP contribution in [0.5, 0.6) is 5.75 Å². The van der Waals surface area contributed by atoms with Crippen LogP contribution in [0.15, 0.2) is 42.5 Å². The van der Waals surface area contributed by atoms with Gasteiger partial charge in [-0.05, 0) is 30.7 Å². The first-order valence-electron chi connectivity index (χ1n) is 6.77. The molecule has 0 aromatic heterocycles. The molecule has 21 heavy (non-hydrogen) atoms. The summed E-state index contributed by atoms with van der Waals surface area (Å²) in [6.45, 7) is 2.30. The van der Waals surface area contributed by atoms with Crippen molar-refractivity contribution in [3.63, 3.8) is 0 Å². The van der Waals surface area contributed by atoms with E-state index in [4.69, 9.17) is 9.84 Å². The number of aliphatic hydroxyl groups excluding tert-OH is 1. The van der Waals surface area contributed by atoms with Crippen LogP contribution < -0.4 is 4.74 Å². The Morgan fingerprint density at radius 2 is 2.00 bits per heavy atom. The highest BCUT2D eigenvalue weighted by molar-refractivity contribution is 5.42. The van der Waals surface area contributed by atoms with Gasteiger partial charge in [-0.3, -0.25) is 0 Å². The molecule has 0 amide bonds. The van der Waals surface area contributed by atoms with Crippen molar-refractivity contribution in [2.24, 2.45) is 0 Å². The summed E-state index contributed by atoms with van der Waals surface area (Å²) in [4.78, 5) is 0. The predicted octanol–water partition coefficient (Wildman–Crippen LogP) is 3.45. The van der Waals surface area contributed by atoms with Gasteiger partial charge in [0.25, 0.3) is 0 Å². The Hall–Kier alpha value is -2.31. The van der Waals surface area contributed by atoms with E-state index in [0.29, 0.717) is 18.6 Å². The van der Waals surface area contributed by atoms with Crippen LogP contribution in [0.3, 0.4) is 0 Å². The smallest absolute Gasteiger partial charge is 0.124 e.